The van der Waals surface area contributed by atoms with Crippen molar-refractivity contribution in [2.75, 3.05) is 18.4 Å². The second kappa shape index (κ2) is 5.92. The van der Waals surface area contributed by atoms with Crippen LogP contribution in [0.2, 0.25) is 0 Å². The SMILES string of the molecule is Cc1ccc(NC(=O)N2CCC(O)CC2)cc1C(=O)O. The maximum absolute atomic E-state index is 12.0. The van der Waals surface area contributed by atoms with Crippen LogP contribution in [-0.2, 0) is 0 Å². The molecule has 0 atom stereocenters. The number of carboxylic acids is 1. The third kappa shape index (κ3) is 3.27. The molecule has 0 radical (unpaired) electrons. The number of nitrogens with one attached hydrogen (secondary N) is 1. The number of anilines is 1. The molecule has 0 aromatic heterocycles. The minimum atomic E-state index is -1.01. The van der Waals surface area contributed by atoms with Gasteiger partial charge in [0, 0.05) is 18.8 Å². The normalized spacial score (nSPS) is 16.0. The molecule has 108 valence electrons. The molecule has 0 saturated carbocycles. The van der Waals surface area contributed by atoms with Crippen LogP contribution in [0.25, 0.3) is 0 Å². The molecule has 2 rings (SSSR count). The number of aromatic carboxylic acids is 1. The molecule has 1 aliphatic rings. The number of benzene rings is 1. The van der Waals surface area contributed by atoms with Crippen LogP contribution < -0.4 is 5.32 Å². The van der Waals surface area contributed by atoms with E-state index in [4.69, 9.17) is 5.11 Å². The van der Waals surface area contributed by atoms with Crippen molar-refractivity contribution in [3.63, 3.8) is 0 Å². The highest BCUT2D eigenvalue weighted by atomic mass is 16.4. The van der Waals surface area contributed by atoms with Gasteiger partial charge in [0.2, 0.25) is 0 Å². The molecule has 0 bridgehead atoms. The fourth-order valence-electron chi connectivity index (χ4n) is 2.20. The summed E-state index contributed by atoms with van der Waals surface area (Å²) in [6.45, 7) is 2.72. The van der Waals surface area contributed by atoms with E-state index in [2.05, 4.69) is 5.32 Å². The first-order valence-corrected chi connectivity index (χ1v) is 6.55. The highest BCUT2D eigenvalue weighted by Crippen LogP contribution is 2.17. The summed E-state index contributed by atoms with van der Waals surface area (Å²) in [6, 6.07) is 4.53. The maximum Gasteiger partial charge on any atom is 0.336 e. The summed E-state index contributed by atoms with van der Waals surface area (Å²) in [5.74, 6) is -1.01. The zero-order chi connectivity index (χ0) is 14.7. The summed E-state index contributed by atoms with van der Waals surface area (Å²) in [4.78, 5) is 24.7. The minimum Gasteiger partial charge on any atom is -0.478 e. The number of likely N-dealkylation sites (tertiary alicyclic amines) is 1. The number of carbonyl (C=O) groups is 2. The average Bonchev–Trinajstić information content (AvgIpc) is 2.41. The lowest BCUT2D eigenvalue weighted by atomic mass is 10.1. The van der Waals surface area contributed by atoms with E-state index in [1.165, 1.54) is 6.07 Å². The predicted octanol–water partition coefficient (Wildman–Crippen LogP) is 1.68. The van der Waals surface area contributed by atoms with Crippen molar-refractivity contribution >= 4 is 17.7 Å². The number of amides is 2. The monoisotopic (exact) mass is 278 g/mol. The predicted molar refractivity (Wildman–Crippen MR) is 74.0 cm³/mol. The Morgan fingerprint density at radius 1 is 1.30 bits per heavy atom. The summed E-state index contributed by atoms with van der Waals surface area (Å²) in [7, 11) is 0. The standard InChI is InChI=1S/C14H18N2O4/c1-9-2-3-10(8-12(9)13(18)19)15-14(20)16-6-4-11(17)5-7-16/h2-3,8,11,17H,4-7H2,1H3,(H,15,20)(H,18,19). The molecule has 1 saturated heterocycles. The fourth-order valence-corrected chi connectivity index (χ4v) is 2.20. The van der Waals surface area contributed by atoms with E-state index < -0.39 is 5.97 Å². The molecule has 6 nitrogen and oxygen atoms in total. The number of hydrogen-bond donors (Lipinski definition) is 3. The van der Waals surface area contributed by atoms with Crippen LogP contribution in [0.3, 0.4) is 0 Å². The van der Waals surface area contributed by atoms with Gasteiger partial charge in [-0.25, -0.2) is 9.59 Å². The molecule has 1 aliphatic heterocycles. The largest absolute Gasteiger partial charge is 0.478 e. The molecule has 1 aromatic rings. The average molecular weight is 278 g/mol. The van der Waals surface area contributed by atoms with Gasteiger partial charge in [-0.1, -0.05) is 6.07 Å². The number of piperidine rings is 1. The molecule has 0 aliphatic carbocycles. The van der Waals surface area contributed by atoms with E-state index in [9.17, 15) is 14.7 Å². The van der Waals surface area contributed by atoms with Gasteiger partial charge in [0.25, 0.3) is 0 Å². The van der Waals surface area contributed by atoms with E-state index >= 15 is 0 Å². The Hall–Kier alpha value is -2.08. The second-order valence-corrected chi connectivity index (χ2v) is 4.98. The van der Waals surface area contributed by atoms with E-state index in [1.807, 2.05) is 0 Å². The quantitative estimate of drug-likeness (QED) is 0.767. The number of carbonyl (C=O) groups excluding carboxylic acids is 1. The van der Waals surface area contributed by atoms with E-state index in [1.54, 1.807) is 24.0 Å². The van der Waals surface area contributed by atoms with Crippen LogP contribution in [-0.4, -0.2) is 46.3 Å². The van der Waals surface area contributed by atoms with Gasteiger partial charge in [-0.15, -0.1) is 0 Å². The lowest BCUT2D eigenvalue weighted by Crippen LogP contribution is -2.42. The molecule has 0 unspecified atom stereocenters. The van der Waals surface area contributed by atoms with Crippen molar-refractivity contribution in [3.8, 4) is 0 Å². The number of aryl methyl sites for hydroxylation is 1. The van der Waals surface area contributed by atoms with E-state index in [0.29, 0.717) is 37.2 Å². The van der Waals surface area contributed by atoms with Crippen LogP contribution >= 0.6 is 0 Å². The number of rotatable bonds is 2. The number of carboxylic acid groups (broad SMARTS) is 1. The zero-order valence-electron chi connectivity index (χ0n) is 11.3. The Morgan fingerprint density at radius 2 is 1.95 bits per heavy atom. The minimum absolute atomic E-state index is 0.178. The second-order valence-electron chi connectivity index (χ2n) is 4.98. The first-order chi connectivity index (χ1) is 9.47. The van der Waals surface area contributed by atoms with E-state index in [0.717, 1.165) is 0 Å². The van der Waals surface area contributed by atoms with Crippen molar-refractivity contribution in [2.45, 2.75) is 25.9 Å². The number of aliphatic hydroxyl groups excluding tert-OH is 1. The summed E-state index contributed by atoms with van der Waals surface area (Å²) in [5.41, 5.74) is 1.29. The van der Waals surface area contributed by atoms with Gasteiger partial charge in [0.1, 0.15) is 0 Å². The zero-order valence-corrected chi connectivity index (χ0v) is 11.3. The first-order valence-electron chi connectivity index (χ1n) is 6.55. The summed E-state index contributed by atoms with van der Waals surface area (Å²) >= 11 is 0. The van der Waals surface area contributed by atoms with Crippen LogP contribution in [0.4, 0.5) is 10.5 Å². The molecule has 6 heteroatoms. The van der Waals surface area contributed by atoms with E-state index in [-0.39, 0.29) is 17.7 Å². The van der Waals surface area contributed by atoms with Crippen LogP contribution in [0.5, 0.6) is 0 Å². The Labute approximate surface area is 117 Å². The molecule has 1 heterocycles. The fraction of sp³-hybridized carbons (Fsp3) is 0.429. The van der Waals surface area contributed by atoms with Gasteiger partial charge >= 0.3 is 12.0 Å². The van der Waals surface area contributed by atoms with Crippen LogP contribution in [0, 0.1) is 6.92 Å². The van der Waals surface area contributed by atoms with Crippen molar-refractivity contribution in [1.82, 2.24) is 4.90 Å². The number of urea groups is 1. The van der Waals surface area contributed by atoms with Crippen molar-refractivity contribution in [1.29, 1.82) is 0 Å². The Morgan fingerprint density at radius 3 is 2.55 bits per heavy atom. The van der Waals surface area contributed by atoms with Crippen molar-refractivity contribution in [3.05, 3.63) is 29.3 Å². The highest BCUT2D eigenvalue weighted by Gasteiger charge is 2.21. The number of nitrogens with zero attached hydrogens (tertiary/aromatic N) is 1. The smallest absolute Gasteiger partial charge is 0.336 e. The van der Waals surface area contributed by atoms with Crippen molar-refractivity contribution < 1.29 is 19.8 Å². The van der Waals surface area contributed by atoms with Gasteiger partial charge in [0.15, 0.2) is 0 Å². The van der Waals surface area contributed by atoms with Gasteiger partial charge < -0.3 is 20.4 Å². The number of hydrogen-bond acceptors (Lipinski definition) is 3. The van der Waals surface area contributed by atoms with Gasteiger partial charge in [-0.05, 0) is 37.5 Å². The third-order valence-corrected chi connectivity index (χ3v) is 3.47. The van der Waals surface area contributed by atoms with Gasteiger partial charge in [-0.2, -0.15) is 0 Å². The summed E-state index contributed by atoms with van der Waals surface area (Å²) in [5, 5.41) is 21.1. The molecular weight excluding hydrogens is 260 g/mol. The number of aliphatic hydroxyl groups is 1. The highest BCUT2D eigenvalue weighted by molar-refractivity contribution is 5.94. The molecule has 1 fully saturated rings. The summed E-state index contributed by atoms with van der Waals surface area (Å²) in [6.07, 6.45) is 0.806. The lowest BCUT2D eigenvalue weighted by molar-refractivity contribution is 0.0696. The molecule has 3 N–H and O–H groups in total. The van der Waals surface area contributed by atoms with Crippen LogP contribution in [0.15, 0.2) is 18.2 Å². The molecule has 2 amide bonds. The molecule has 20 heavy (non-hydrogen) atoms. The molecular formula is C14H18N2O4. The van der Waals surface area contributed by atoms with Gasteiger partial charge in [-0.3, -0.25) is 0 Å². The molecule has 0 spiro atoms. The maximum atomic E-state index is 12.0. The third-order valence-electron chi connectivity index (χ3n) is 3.47. The van der Waals surface area contributed by atoms with Gasteiger partial charge in [0.05, 0.1) is 11.7 Å². The Kier molecular flexibility index (Phi) is 4.24. The van der Waals surface area contributed by atoms with Crippen LogP contribution in [0.1, 0.15) is 28.8 Å². The Balaban J connectivity index is 2.04. The Bertz CT molecular complexity index is 522. The topological polar surface area (TPSA) is 89.9 Å². The summed E-state index contributed by atoms with van der Waals surface area (Å²) < 4.78 is 0. The van der Waals surface area contributed by atoms with Crippen molar-refractivity contribution in [2.24, 2.45) is 0 Å². The lowest BCUT2D eigenvalue weighted by Gasteiger charge is -2.29. The molecule has 1 aromatic carbocycles. The first kappa shape index (κ1) is 14.3.